The van der Waals surface area contributed by atoms with Crippen LogP contribution in [0.1, 0.15) is 27.2 Å². The molecule has 0 aliphatic carbocycles. The summed E-state index contributed by atoms with van der Waals surface area (Å²) in [5, 5.41) is -0.303. The van der Waals surface area contributed by atoms with Gasteiger partial charge >= 0.3 is 6.18 Å². The van der Waals surface area contributed by atoms with E-state index < -0.39 is 33.3 Å². The fourth-order valence-corrected chi connectivity index (χ4v) is 4.06. The molecular formula is C21H17F4N3O4S. The number of carbonyl (C=O) groups is 1. The predicted octanol–water partition coefficient (Wildman–Crippen LogP) is 3.96. The first-order valence-electron chi connectivity index (χ1n) is 9.63. The molecule has 1 aliphatic heterocycles. The number of fused-ring (bicyclic) bond motifs is 1. The second-order valence-electron chi connectivity index (χ2n) is 7.48. The fraction of sp³-hybridized carbons (Fsp3) is 0.238. The van der Waals surface area contributed by atoms with Crippen molar-refractivity contribution in [2.45, 2.75) is 24.3 Å². The quantitative estimate of drug-likeness (QED) is 0.567. The molecule has 0 atom stereocenters. The van der Waals surface area contributed by atoms with E-state index in [4.69, 9.17) is 4.74 Å². The van der Waals surface area contributed by atoms with Crippen molar-refractivity contribution < 1.29 is 35.5 Å². The molecule has 174 valence electrons. The molecular weight excluding hydrogens is 466 g/mol. The molecule has 0 saturated carbocycles. The summed E-state index contributed by atoms with van der Waals surface area (Å²) in [6.45, 7) is 0.461. The zero-order chi connectivity index (χ0) is 24.0. The monoisotopic (exact) mass is 483 g/mol. The molecule has 0 unspecified atom stereocenters. The highest BCUT2D eigenvalue weighted by Gasteiger charge is 2.34. The van der Waals surface area contributed by atoms with Crippen LogP contribution in [0.25, 0.3) is 0 Å². The van der Waals surface area contributed by atoms with Crippen LogP contribution in [0.2, 0.25) is 0 Å². The number of rotatable bonds is 4. The molecule has 1 aliphatic rings. The van der Waals surface area contributed by atoms with E-state index in [1.165, 1.54) is 11.1 Å². The number of amides is 1. The number of imidazole rings is 1. The van der Waals surface area contributed by atoms with Crippen molar-refractivity contribution in [3.8, 4) is 11.5 Å². The van der Waals surface area contributed by atoms with E-state index in [9.17, 15) is 30.8 Å². The van der Waals surface area contributed by atoms with E-state index in [0.29, 0.717) is 24.3 Å². The highest BCUT2D eigenvalue weighted by Crippen LogP contribution is 2.36. The topological polar surface area (TPSA) is 92.4 Å². The van der Waals surface area contributed by atoms with Gasteiger partial charge in [-0.3, -0.25) is 4.79 Å². The number of hydrogen-bond donors (Lipinski definition) is 1. The van der Waals surface area contributed by atoms with E-state index >= 15 is 0 Å². The van der Waals surface area contributed by atoms with Crippen LogP contribution in [0.5, 0.6) is 11.5 Å². The minimum Gasteiger partial charge on any atom is -0.457 e. The largest absolute Gasteiger partial charge is 0.457 e. The van der Waals surface area contributed by atoms with Crippen molar-refractivity contribution in [3.05, 3.63) is 70.8 Å². The number of aromatic amines is 1. The number of carbonyl (C=O) groups excluding carboxylic acids is 1. The van der Waals surface area contributed by atoms with Crippen LogP contribution in [-0.4, -0.2) is 42.0 Å². The third-order valence-corrected chi connectivity index (χ3v) is 6.02. The van der Waals surface area contributed by atoms with Crippen LogP contribution in [0.4, 0.5) is 17.6 Å². The summed E-state index contributed by atoms with van der Waals surface area (Å²) in [6, 6.07) is 7.37. The summed E-state index contributed by atoms with van der Waals surface area (Å²) in [7, 11) is -3.59. The van der Waals surface area contributed by atoms with Crippen molar-refractivity contribution in [3.63, 3.8) is 0 Å². The van der Waals surface area contributed by atoms with Gasteiger partial charge in [0.05, 0.1) is 5.56 Å². The molecule has 7 nitrogen and oxygen atoms in total. The fourth-order valence-electron chi connectivity index (χ4n) is 3.53. The number of aromatic nitrogens is 2. The van der Waals surface area contributed by atoms with Gasteiger partial charge in [-0.25, -0.2) is 17.8 Å². The molecule has 33 heavy (non-hydrogen) atoms. The lowest BCUT2D eigenvalue weighted by molar-refractivity contribution is -0.140. The van der Waals surface area contributed by atoms with Crippen molar-refractivity contribution in [1.29, 1.82) is 0 Å². The Morgan fingerprint density at radius 3 is 2.61 bits per heavy atom. The maximum Gasteiger partial charge on any atom is 0.419 e. The summed E-state index contributed by atoms with van der Waals surface area (Å²) in [5.74, 6) is -1.63. The minimum absolute atomic E-state index is 0.0356. The Labute approximate surface area is 185 Å². The first-order valence-corrected chi connectivity index (χ1v) is 11.5. The number of nitrogens with one attached hydrogen (secondary N) is 1. The van der Waals surface area contributed by atoms with E-state index in [0.717, 1.165) is 23.4 Å². The normalized spacial score (nSPS) is 14.2. The summed E-state index contributed by atoms with van der Waals surface area (Å²) in [4.78, 5) is 20.6. The van der Waals surface area contributed by atoms with Crippen LogP contribution in [0.3, 0.4) is 0 Å². The number of alkyl halides is 3. The Morgan fingerprint density at radius 2 is 1.97 bits per heavy atom. The number of benzene rings is 2. The lowest BCUT2D eigenvalue weighted by atomic mass is 9.98. The van der Waals surface area contributed by atoms with Crippen LogP contribution in [-0.2, 0) is 29.0 Å². The van der Waals surface area contributed by atoms with Gasteiger partial charge in [0.1, 0.15) is 23.0 Å². The zero-order valence-corrected chi connectivity index (χ0v) is 17.9. The van der Waals surface area contributed by atoms with E-state index in [1.807, 2.05) is 0 Å². The highest BCUT2D eigenvalue weighted by molar-refractivity contribution is 7.90. The number of ether oxygens (including phenoxy) is 1. The van der Waals surface area contributed by atoms with Gasteiger partial charge < -0.3 is 14.6 Å². The first kappa shape index (κ1) is 22.8. The molecule has 0 spiro atoms. The number of hydrogen-bond acceptors (Lipinski definition) is 5. The second kappa shape index (κ2) is 8.18. The van der Waals surface area contributed by atoms with Gasteiger partial charge in [-0.2, -0.15) is 13.2 Å². The molecule has 0 fully saturated rings. The lowest BCUT2D eigenvalue weighted by Gasteiger charge is -2.29. The van der Waals surface area contributed by atoms with Gasteiger partial charge in [0.2, 0.25) is 15.0 Å². The Kier molecular flexibility index (Phi) is 5.64. The average Bonchev–Trinajstić information content (AvgIpc) is 3.23. The SMILES string of the molecule is CS(=O)(=O)c1nc(C(=O)N2CCc3c(cccc3Oc3ccc(C(F)(F)F)c(F)c3)C2)c[nH]1. The molecule has 2 aromatic carbocycles. The summed E-state index contributed by atoms with van der Waals surface area (Å²) >= 11 is 0. The van der Waals surface area contributed by atoms with E-state index in [1.54, 1.807) is 18.2 Å². The van der Waals surface area contributed by atoms with Gasteiger partial charge in [0.25, 0.3) is 5.91 Å². The second-order valence-corrected chi connectivity index (χ2v) is 9.41. The lowest BCUT2D eigenvalue weighted by Crippen LogP contribution is -2.36. The molecule has 1 N–H and O–H groups in total. The Balaban J connectivity index is 1.53. The molecule has 4 rings (SSSR count). The van der Waals surface area contributed by atoms with Crippen molar-refractivity contribution >= 4 is 15.7 Å². The average molecular weight is 483 g/mol. The maximum atomic E-state index is 13.9. The third-order valence-electron chi connectivity index (χ3n) is 5.11. The van der Waals surface area contributed by atoms with E-state index in [-0.39, 0.29) is 29.7 Å². The van der Waals surface area contributed by atoms with Crippen LogP contribution in [0, 0.1) is 5.82 Å². The number of H-pyrrole nitrogens is 1. The molecule has 0 saturated heterocycles. The number of halogens is 4. The molecule has 0 radical (unpaired) electrons. The first-order chi connectivity index (χ1) is 15.4. The molecule has 1 amide bonds. The molecule has 0 bridgehead atoms. The van der Waals surface area contributed by atoms with Crippen molar-refractivity contribution in [2.24, 2.45) is 0 Å². The Hall–Kier alpha value is -3.41. The van der Waals surface area contributed by atoms with Crippen molar-refractivity contribution in [2.75, 3.05) is 12.8 Å². The van der Waals surface area contributed by atoms with Gasteiger partial charge in [0.15, 0.2) is 0 Å². The number of sulfone groups is 1. The number of nitrogens with zero attached hydrogens (tertiary/aromatic N) is 2. The third kappa shape index (κ3) is 4.70. The molecule has 3 aromatic rings. The zero-order valence-electron chi connectivity index (χ0n) is 17.1. The van der Waals surface area contributed by atoms with Crippen LogP contribution in [0.15, 0.2) is 47.8 Å². The summed E-state index contributed by atoms with van der Waals surface area (Å²) < 4.78 is 81.0. The Bertz CT molecular complexity index is 1340. The summed E-state index contributed by atoms with van der Waals surface area (Å²) in [5.41, 5.74) is 0.0575. The molecule has 1 aromatic heterocycles. The van der Waals surface area contributed by atoms with Gasteiger partial charge in [-0.1, -0.05) is 12.1 Å². The maximum absolute atomic E-state index is 13.9. The van der Waals surface area contributed by atoms with Gasteiger partial charge in [-0.15, -0.1) is 0 Å². The van der Waals surface area contributed by atoms with Gasteiger partial charge in [-0.05, 0) is 30.2 Å². The van der Waals surface area contributed by atoms with E-state index in [2.05, 4.69) is 9.97 Å². The smallest absolute Gasteiger partial charge is 0.419 e. The highest BCUT2D eigenvalue weighted by atomic mass is 32.2. The standard InChI is InChI=1S/C21H17F4N3O4S/c1-33(30,31)20-26-10-17(27-20)19(29)28-8-7-14-12(11-28)3-2-4-18(14)32-13-5-6-15(16(22)9-13)21(23,24)25/h2-6,9-10H,7-8,11H2,1H3,(H,26,27). The van der Waals surface area contributed by atoms with Gasteiger partial charge in [0, 0.05) is 37.2 Å². The van der Waals surface area contributed by atoms with Crippen molar-refractivity contribution in [1.82, 2.24) is 14.9 Å². The van der Waals surface area contributed by atoms with Crippen LogP contribution >= 0.6 is 0 Å². The minimum atomic E-state index is -4.80. The molecule has 12 heteroatoms. The molecule has 2 heterocycles. The Morgan fingerprint density at radius 1 is 1.21 bits per heavy atom. The van der Waals surface area contributed by atoms with Crippen LogP contribution < -0.4 is 4.74 Å². The predicted molar refractivity (Wildman–Crippen MR) is 108 cm³/mol. The summed E-state index contributed by atoms with van der Waals surface area (Å²) in [6.07, 6.45) is -2.24.